The van der Waals surface area contributed by atoms with E-state index in [1.165, 1.54) is 24.4 Å². The van der Waals surface area contributed by atoms with Crippen LogP contribution < -0.4 is 20.2 Å². The number of hydrazone groups is 1. The third-order valence-corrected chi connectivity index (χ3v) is 6.64. The van der Waals surface area contributed by atoms with E-state index >= 15 is 0 Å². The Morgan fingerprint density at radius 2 is 1.85 bits per heavy atom. The number of benzene rings is 3. The second-order valence-electron chi connectivity index (χ2n) is 8.70. The van der Waals surface area contributed by atoms with Gasteiger partial charge >= 0.3 is 0 Å². The first kappa shape index (κ1) is 30.4. The van der Waals surface area contributed by atoms with Crippen molar-refractivity contribution < 1.29 is 23.5 Å². The van der Waals surface area contributed by atoms with Gasteiger partial charge in [-0.05, 0) is 70.7 Å². The van der Waals surface area contributed by atoms with Crippen LogP contribution in [0.25, 0.3) is 0 Å². The van der Waals surface area contributed by atoms with Gasteiger partial charge < -0.3 is 14.8 Å². The van der Waals surface area contributed by atoms with Crippen LogP contribution in [0.3, 0.4) is 0 Å². The van der Waals surface area contributed by atoms with Crippen LogP contribution in [0.15, 0.2) is 64.2 Å². The van der Waals surface area contributed by atoms with E-state index in [-0.39, 0.29) is 18.1 Å². The van der Waals surface area contributed by atoms with Crippen LogP contribution in [0.4, 0.5) is 4.39 Å². The quantitative estimate of drug-likeness (QED) is 0.179. The number of halogens is 4. The first-order chi connectivity index (χ1) is 18.6. The summed E-state index contributed by atoms with van der Waals surface area (Å²) in [5.74, 6) is -1.25. The van der Waals surface area contributed by atoms with Gasteiger partial charge in [-0.15, -0.1) is 0 Å². The summed E-state index contributed by atoms with van der Waals surface area (Å²) in [5, 5.41) is 7.62. The fourth-order valence-electron chi connectivity index (χ4n) is 3.49. The Labute approximate surface area is 244 Å². The maximum atomic E-state index is 14.0. The van der Waals surface area contributed by atoms with Crippen molar-refractivity contribution in [1.29, 1.82) is 0 Å². The lowest BCUT2D eigenvalue weighted by Crippen LogP contribution is -2.48. The Morgan fingerprint density at radius 1 is 1.10 bits per heavy atom. The normalized spacial score (nSPS) is 11.9. The number of hydrogen-bond acceptors (Lipinski definition) is 5. The topological polar surface area (TPSA) is 89.0 Å². The van der Waals surface area contributed by atoms with Crippen molar-refractivity contribution in [3.05, 3.63) is 91.6 Å². The monoisotopic (exact) mass is 637 g/mol. The summed E-state index contributed by atoms with van der Waals surface area (Å²) < 4.78 is 26.3. The van der Waals surface area contributed by atoms with Gasteiger partial charge in [0, 0.05) is 15.6 Å². The molecule has 2 N–H and O–H groups in total. The minimum Gasteiger partial charge on any atom is -0.490 e. The maximum absolute atomic E-state index is 14.0. The number of ether oxygens (including phenoxy) is 2. The first-order valence-electron chi connectivity index (χ1n) is 12.0. The highest BCUT2D eigenvalue weighted by molar-refractivity contribution is 9.10. The Hall–Kier alpha value is -3.14. The largest absolute Gasteiger partial charge is 0.490 e. The van der Waals surface area contributed by atoms with Crippen LogP contribution in [-0.4, -0.2) is 30.7 Å². The van der Waals surface area contributed by atoms with Gasteiger partial charge in [0.15, 0.2) is 11.5 Å². The van der Waals surface area contributed by atoms with E-state index in [4.69, 9.17) is 32.7 Å². The third kappa shape index (κ3) is 8.42. The second-order valence-corrected chi connectivity index (χ2v) is 10.4. The average molecular weight is 639 g/mol. The summed E-state index contributed by atoms with van der Waals surface area (Å²) in [7, 11) is 0. The van der Waals surface area contributed by atoms with Gasteiger partial charge in [0.25, 0.3) is 11.8 Å². The molecule has 206 valence electrons. The molecular formula is C28H27BrCl2FN3O4. The summed E-state index contributed by atoms with van der Waals surface area (Å²) >= 11 is 15.7. The predicted molar refractivity (Wildman–Crippen MR) is 154 cm³/mol. The summed E-state index contributed by atoms with van der Waals surface area (Å²) in [6.45, 7) is 5.94. The Balaban J connectivity index is 1.70. The molecule has 0 aromatic heterocycles. The van der Waals surface area contributed by atoms with Crippen LogP contribution in [0, 0.1) is 11.7 Å². The highest BCUT2D eigenvalue weighted by Crippen LogP contribution is 2.37. The van der Waals surface area contributed by atoms with Crippen molar-refractivity contribution in [3.8, 4) is 11.5 Å². The summed E-state index contributed by atoms with van der Waals surface area (Å²) in [5.41, 5.74) is 3.66. The van der Waals surface area contributed by atoms with E-state index < -0.39 is 23.7 Å². The van der Waals surface area contributed by atoms with Gasteiger partial charge in [0.1, 0.15) is 18.5 Å². The minimum atomic E-state index is -0.935. The molecule has 0 bridgehead atoms. The zero-order valence-electron chi connectivity index (χ0n) is 21.4. The molecule has 0 heterocycles. The van der Waals surface area contributed by atoms with Gasteiger partial charge in [-0.1, -0.05) is 55.2 Å². The smallest absolute Gasteiger partial charge is 0.262 e. The van der Waals surface area contributed by atoms with Crippen molar-refractivity contribution in [2.45, 2.75) is 33.4 Å². The Kier molecular flexibility index (Phi) is 11.2. The molecule has 0 aliphatic rings. The van der Waals surface area contributed by atoms with Crippen molar-refractivity contribution in [2.75, 3.05) is 6.61 Å². The Bertz CT molecular complexity index is 1370. The lowest BCUT2D eigenvalue weighted by atomic mass is 10.0. The summed E-state index contributed by atoms with van der Waals surface area (Å²) in [6.07, 6.45) is 1.43. The van der Waals surface area contributed by atoms with Crippen LogP contribution in [0.5, 0.6) is 11.5 Å². The van der Waals surface area contributed by atoms with Crippen LogP contribution >= 0.6 is 39.1 Å². The van der Waals surface area contributed by atoms with E-state index in [0.29, 0.717) is 38.2 Å². The lowest BCUT2D eigenvalue weighted by Gasteiger charge is -2.20. The lowest BCUT2D eigenvalue weighted by molar-refractivity contribution is -0.123. The molecule has 0 aliphatic heterocycles. The number of amides is 2. The number of nitrogens with one attached hydrogen (secondary N) is 2. The number of nitrogens with zero attached hydrogens (tertiary/aromatic N) is 1. The van der Waals surface area contributed by atoms with E-state index in [1.54, 1.807) is 50.2 Å². The number of rotatable bonds is 11. The molecule has 0 spiro atoms. The van der Waals surface area contributed by atoms with Crippen LogP contribution in [0.2, 0.25) is 10.0 Å². The van der Waals surface area contributed by atoms with E-state index in [1.807, 2.05) is 6.92 Å². The number of carbonyl (C=O) groups is 2. The zero-order valence-corrected chi connectivity index (χ0v) is 24.5. The van der Waals surface area contributed by atoms with Crippen molar-refractivity contribution in [2.24, 2.45) is 11.0 Å². The van der Waals surface area contributed by atoms with E-state index in [0.717, 1.165) is 5.56 Å². The summed E-state index contributed by atoms with van der Waals surface area (Å²) in [4.78, 5) is 25.3. The maximum Gasteiger partial charge on any atom is 0.262 e. The van der Waals surface area contributed by atoms with Crippen LogP contribution in [-0.2, 0) is 11.4 Å². The molecule has 3 aromatic carbocycles. The molecular weight excluding hydrogens is 612 g/mol. The molecule has 0 saturated carbocycles. The number of carbonyl (C=O) groups excluding carboxylic acids is 2. The van der Waals surface area contributed by atoms with Crippen molar-refractivity contribution in [1.82, 2.24) is 10.7 Å². The molecule has 1 atom stereocenters. The van der Waals surface area contributed by atoms with Crippen LogP contribution in [0.1, 0.15) is 42.3 Å². The SMILES string of the molecule is CCOc1cc(C=NNC(=O)C(NC(=O)c2ccccc2F)C(C)C)cc(Br)c1OCc1ccc(Cl)cc1Cl. The fourth-order valence-corrected chi connectivity index (χ4v) is 4.53. The molecule has 2 amide bonds. The fraction of sp³-hybridized carbons (Fsp3) is 0.250. The van der Waals surface area contributed by atoms with Crippen molar-refractivity contribution >= 4 is 57.2 Å². The molecule has 0 saturated heterocycles. The molecule has 3 aromatic rings. The molecule has 0 aliphatic carbocycles. The van der Waals surface area contributed by atoms with Gasteiger partial charge in [-0.3, -0.25) is 9.59 Å². The van der Waals surface area contributed by atoms with Gasteiger partial charge in [0.05, 0.1) is 22.9 Å². The van der Waals surface area contributed by atoms with Gasteiger partial charge in [-0.2, -0.15) is 5.10 Å². The van der Waals surface area contributed by atoms with E-state index in [9.17, 15) is 14.0 Å². The molecule has 0 fully saturated rings. The number of hydrogen-bond donors (Lipinski definition) is 2. The minimum absolute atomic E-state index is 0.145. The van der Waals surface area contributed by atoms with Gasteiger partial charge in [-0.25, -0.2) is 9.82 Å². The molecule has 11 heteroatoms. The highest BCUT2D eigenvalue weighted by atomic mass is 79.9. The summed E-state index contributed by atoms with van der Waals surface area (Å²) in [6, 6.07) is 13.2. The standard InChI is InChI=1S/C28H27BrCl2FN3O4/c1-4-38-24-12-17(11-21(29)26(24)39-15-18-9-10-19(30)13-22(18)31)14-33-35-28(37)25(16(2)3)34-27(36)20-7-5-6-8-23(20)32/h5-14,16,25H,4,15H2,1-3H3,(H,34,36)(H,35,37). The molecule has 3 rings (SSSR count). The molecule has 7 nitrogen and oxygen atoms in total. The molecule has 0 radical (unpaired) electrons. The second kappa shape index (κ2) is 14.3. The average Bonchev–Trinajstić information content (AvgIpc) is 2.88. The predicted octanol–water partition coefficient (Wildman–Crippen LogP) is 6.78. The zero-order chi connectivity index (χ0) is 28.5. The molecule has 1 unspecified atom stereocenters. The highest BCUT2D eigenvalue weighted by Gasteiger charge is 2.25. The van der Waals surface area contributed by atoms with Crippen molar-refractivity contribution in [3.63, 3.8) is 0 Å². The first-order valence-corrected chi connectivity index (χ1v) is 13.6. The van der Waals surface area contributed by atoms with E-state index in [2.05, 4.69) is 31.8 Å². The molecule has 39 heavy (non-hydrogen) atoms. The third-order valence-electron chi connectivity index (χ3n) is 5.46. The Morgan fingerprint density at radius 3 is 2.51 bits per heavy atom. The van der Waals surface area contributed by atoms with Gasteiger partial charge in [0.2, 0.25) is 0 Å².